The summed E-state index contributed by atoms with van der Waals surface area (Å²) < 4.78 is 27.4. The Morgan fingerprint density at radius 2 is 1.66 bits per heavy atom. The van der Waals surface area contributed by atoms with Crippen molar-refractivity contribution >= 4 is 17.4 Å². The largest absolute Gasteiger partial charge is 0.369 e. The maximum absolute atomic E-state index is 13.7. The first-order valence-corrected chi connectivity index (χ1v) is 14.5. The molecule has 6 rings (SSSR count). The molecule has 0 aromatic heterocycles. The predicted octanol–water partition coefficient (Wildman–Crippen LogP) is 4.49. The van der Waals surface area contributed by atoms with Gasteiger partial charge in [0.2, 0.25) is 0 Å². The Kier molecular flexibility index (Phi) is 7.86. The van der Waals surface area contributed by atoms with E-state index in [0.29, 0.717) is 35.8 Å². The molecule has 1 amide bonds. The van der Waals surface area contributed by atoms with Crippen molar-refractivity contribution < 1.29 is 13.6 Å². The number of carbonyl (C=O) groups is 1. The van der Waals surface area contributed by atoms with Crippen LogP contribution in [0.3, 0.4) is 0 Å². The monoisotopic (exact) mass is 557 g/mol. The highest BCUT2D eigenvalue weighted by atomic mass is 19.1. The van der Waals surface area contributed by atoms with Gasteiger partial charge in [0.05, 0.1) is 6.54 Å². The number of aryl methyl sites for hydroxylation is 1. The molecular formula is C33H37F2N5O. The molecule has 8 heteroatoms. The fraction of sp³-hybridized carbons (Fsp3) is 0.394. The van der Waals surface area contributed by atoms with Crippen molar-refractivity contribution in [1.82, 2.24) is 15.1 Å². The lowest BCUT2D eigenvalue weighted by molar-refractivity contribution is 0.0975. The first-order valence-electron chi connectivity index (χ1n) is 14.5. The van der Waals surface area contributed by atoms with Gasteiger partial charge in [-0.1, -0.05) is 12.1 Å². The van der Waals surface area contributed by atoms with E-state index in [1.54, 1.807) is 0 Å². The molecule has 0 spiro atoms. The summed E-state index contributed by atoms with van der Waals surface area (Å²) in [6.45, 7) is 6.73. The van der Waals surface area contributed by atoms with Gasteiger partial charge in [-0.05, 0) is 97.9 Å². The Morgan fingerprint density at radius 3 is 2.39 bits per heavy atom. The third-order valence-electron chi connectivity index (χ3n) is 8.56. The summed E-state index contributed by atoms with van der Waals surface area (Å²) in [6, 6.07) is 15.7. The molecular weight excluding hydrogens is 520 g/mol. The van der Waals surface area contributed by atoms with Gasteiger partial charge in [0.1, 0.15) is 17.5 Å². The molecule has 0 saturated carbocycles. The van der Waals surface area contributed by atoms with Crippen LogP contribution in [-0.2, 0) is 19.4 Å². The number of hydrogen-bond donors (Lipinski definition) is 1. The third-order valence-corrected chi connectivity index (χ3v) is 8.56. The van der Waals surface area contributed by atoms with E-state index in [-0.39, 0.29) is 5.91 Å². The van der Waals surface area contributed by atoms with Crippen LogP contribution < -0.4 is 10.2 Å². The van der Waals surface area contributed by atoms with Crippen LogP contribution >= 0.6 is 0 Å². The highest BCUT2D eigenvalue weighted by molar-refractivity contribution is 6.14. The number of benzene rings is 3. The number of likely N-dealkylation sites (tertiary alicyclic amines) is 1. The molecule has 2 fully saturated rings. The number of amidine groups is 1. The molecule has 0 aliphatic carbocycles. The molecule has 0 radical (unpaired) electrons. The number of carbonyl (C=O) groups excluding carboxylic acids is 1. The lowest BCUT2D eigenvalue weighted by Crippen LogP contribution is -2.44. The molecule has 3 aliphatic rings. The lowest BCUT2D eigenvalue weighted by Gasteiger charge is -2.36. The zero-order chi connectivity index (χ0) is 28.5. The molecule has 6 nitrogen and oxygen atoms in total. The van der Waals surface area contributed by atoms with Gasteiger partial charge in [0.25, 0.3) is 5.91 Å². The van der Waals surface area contributed by atoms with Crippen molar-refractivity contribution in [2.24, 2.45) is 10.9 Å². The van der Waals surface area contributed by atoms with E-state index < -0.39 is 11.6 Å². The zero-order valence-corrected chi connectivity index (χ0v) is 23.8. The van der Waals surface area contributed by atoms with E-state index in [9.17, 15) is 13.6 Å². The number of halogens is 2. The molecule has 0 atom stereocenters. The first-order chi connectivity index (χ1) is 19.8. The van der Waals surface area contributed by atoms with E-state index in [2.05, 4.69) is 51.2 Å². The molecule has 3 aromatic carbocycles. The summed E-state index contributed by atoms with van der Waals surface area (Å²) in [6.07, 6.45) is 2.31. The van der Waals surface area contributed by atoms with Gasteiger partial charge in [-0.2, -0.15) is 0 Å². The normalized spacial score (nSPS) is 17.8. The van der Waals surface area contributed by atoms with Crippen molar-refractivity contribution in [3.63, 3.8) is 0 Å². The standard InChI is InChI=1S/C33H37F2N5O/c1-38-9-11-40(12-10-38)29-7-8-30(25(17-29)5-4-23-20-39(2)21-23)33(41)37-32-31-16-22(3-6-26(31)19-36-32)13-24-14-27(34)18-28(35)15-24/h3,6-8,14-18,23H,4-5,9-13,19-21H2,1-2H3,(H,36,37,41). The average molecular weight is 558 g/mol. The summed E-state index contributed by atoms with van der Waals surface area (Å²) in [7, 11) is 4.30. The van der Waals surface area contributed by atoms with Crippen molar-refractivity contribution in [1.29, 1.82) is 0 Å². The van der Waals surface area contributed by atoms with Crippen LogP contribution in [-0.4, -0.2) is 74.9 Å². The number of nitrogens with zero attached hydrogens (tertiary/aromatic N) is 4. The van der Waals surface area contributed by atoms with Crippen LogP contribution in [0.2, 0.25) is 0 Å². The minimum absolute atomic E-state index is 0.153. The van der Waals surface area contributed by atoms with Crippen LogP contribution in [0, 0.1) is 17.6 Å². The highest BCUT2D eigenvalue weighted by Gasteiger charge is 2.25. The number of aliphatic imine (C=N–C) groups is 1. The van der Waals surface area contributed by atoms with Gasteiger partial charge in [-0.3, -0.25) is 9.79 Å². The lowest BCUT2D eigenvalue weighted by atomic mass is 9.91. The van der Waals surface area contributed by atoms with Gasteiger partial charge >= 0.3 is 0 Å². The van der Waals surface area contributed by atoms with E-state index in [1.165, 1.54) is 17.8 Å². The molecule has 1 N–H and O–H groups in total. The maximum atomic E-state index is 13.7. The Hall–Kier alpha value is -3.62. The second-order valence-corrected chi connectivity index (χ2v) is 11.8. The second-order valence-electron chi connectivity index (χ2n) is 11.8. The van der Waals surface area contributed by atoms with Crippen molar-refractivity contribution in [2.45, 2.75) is 25.8 Å². The van der Waals surface area contributed by atoms with E-state index in [0.717, 1.165) is 80.4 Å². The number of nitrogens with one attached hydrogen (secondary N) is 1. The molecule has 41 heavy (non-hydrogen) atoms. The molecule has 214 valence electrons. The van der Waals surface area contributed by atoms with Gasteiger partial charge in [0.15, 0.2) is 0 Å². The van der Waals surface area contributed by atoms with Crippen LogP contribution in [0.1, 0.15) is 44.6 Å². The Morgan fingerprint density at radius 1 is 0.902 bits per heavy atom. The summed E-state index contributed by atoms with van der Waals surface area (Å²) in [4.78, 5) is 25.4. The van der Waals surface area contributed by atoms with Crippen LogP contribution in [0.4, 0.5) is 14.5 Å². The summed E-state index contributed by atoms with van der Waals surface area (Å²) in [5.74, 6) is -0.116. The number of amides is 1. The quantitative estimate of drug-likeness (QED) is 0.465. The van der Waals surface area contributed by atoms with Crippen LogP contribution in [0.5, 0.6) is 0 Å². The minimum atomic E-state index is -0.588. The maximum Gasteiger partial charge on any atom is 0.257 e. The highest BCUT2D eigenvalue weighted by Crippen LogP contribution is 2.27. The molecule has 2 saturated heterocycles. The number of piperazine rings is 1. The third kappa shape index (κ3) is 6.34. The Balaban J connectivity index is 1.20. The number of rotatable bonds is 7. The average Bonchev–Trinajstić information content (AvgIpc) is 3.32. The van der Waals surface area contributed by atoms with Gasteiger partial charge in [-0.15, -0.1) is 0 Å². The SMILES string of the molecule is CN1CCN(c2ccc(C(=O)NC3=NCc4ccc(Cc5cc(F)cc(F)c5)cc43)c(CCC3CN(C)C3)c2)CC1. The second kappa shape index (κ2) is 11.7. The van der Waals surface area contributed by atoms with Crippen LogP contribution in [0.15, 0.2) is 59.6 Å². The molecule has 3 aromatic rings. The van der Waals surface area contributed by atoms with Crippen LogP contribution in [0.25, 0.3) is 0 Å². The molecule has 3 heterocycles. The summed E-state index contributed by atoms with van der Waals surface area (Å²) in [5.41, 5.74) is 6.30. The number of fused-ring (bicyclic) bond motifs is 1. The topological polar surface area (TPSA) is 51.2 Å². The summed E-state index contributed by atoms with van der Waals surface area (Å²) in [5, 5.41) is 3.09. The fourth-order valence-electron chi connectivity index (χ4n) is 6.21. The fourth-order valence-corrected chi connectivity index (χ4v) is 6.21. The molecule has 0 bridgehead atoms. The van der Waals surface area contributed by atoms with E-state index in [4.69, 9.17) is 0 Å². The number of anilines is 1. The van der Waals surface area contributed by atoms with Gasteiger partial charge in [0, 0.05) is 62.1 Å². The summed E-state index contributed by atoms with van der Waals surface area (Å²) >= 11 is 0. The Bertz CT molecular complexity index is 1450. The van der Waals surface area contributed by atoms with Crippen molar-refractivity contribution in [3.8, 4) is 0 Å². The van der Waals surface area contributed by atoms with Crippen molar-refractivity contribution in [3.05, 3.63) is 99.6 Å². The molecule has 0 unspecified atom stereocenters. The minimum Gasteiger partial charge on any atom is -0.369 e. The van der Waals surface area contributed by atoms with Crippen molar-refractivity contribution in [2.75, 3.05) is 58.3 Å². The zero-order valence-electron chi connectivity index (χ0n) is 23.8. The smallest absolute Gasteiger partial charge is 0.257 e. The predicted molar refractivity (Wildman–Crippen MR) is 159 cm³/mol. The number of likely N-dealkylation sites (N-methyl/N-ethyl adjacent to an activating group) is 1. The van der Waals surface area contributed by atoms with Gasteiger partial charge < -0.3 is 20.0 Å². The number of hydrogen-bond acceptors (Lipinski definition) is 5. The van der Waals surface area contributed by atoms with E-state index in [1.807, 2.05) is 24.3 Å². The first kappa shape index (κ1) is 27.5. The van der Waals surface area contributed by atoms with Gasteiger partial charge in [-0.25, -0.2) is 8.78 Å². The molecule has 3 aliphatic heterocycles. The Labute approximate surface area is 240 Å². The van der Waals surface area contributed by atoms with E-state index >= 15 is 0 Å².